The zero-order valence-corrected chi connectivity index (χ0v) is 13.1. The molecule has 0 saturated carbocycles. The lowest BCUT2D eigenvalue weighted by Gasteiger charge is -1.93. The van der Waals surface area contributed by atoms with Crippen molar-refractivity contribution in [3.05, 3.63) is 36.5 Å². The second-order valence-electron chi connectivity index (χ2n) is 5.02. The van der Waals surface area contributed by atoms with Crippen molar-refractivity contribution in [3.63, 3.8) is 0 Å². The largest absolute Gasteiger partial charge is 0.481 e. The number of carbonyl (C=O) groups is 1. The summed E-state index contributed by atoms with van der Waals surface area (Å²) in [6.07, 6.45) is -1.57. The van der Waals surface area contributed by atoms with Gasteiger partial charge in [0.1, 0.15) is 0 Å². The van der Waals surface area contributed by atoms with E-state index >= 15 is 0 Å². The maximum absolute atomic E-state index is 10.4. The quantitative estimate of drug-likeness (QED) is 0.262. The lowest BCUT2D eigenvalue weighted by atomic mass is 10.1. The molecule has 0 bridgehead atoms. The summed E-state index contributed by atoms with van der Waals surface area (Å²) < 4.78 is 90.0. The first-order valence-electron chi connectivity index (χ1n) is 13.2. The zero-order chi connectivity index (χ0) is 26.4. The first kappa shape index (κ1) is 8.66. The van der Waals surface area contributed by atoms with Crippen molar-refractivity contribution in [1.82, 2.24) is 0 Å². The van der Waals surface area contributed by atoms with E-state index in [4.69, 9.17) is 24.9 Å². The molecule has 1 N–H and O–H groups in total. The Balaban J connectivity index is 2.53. The van der Waals surface area contributed by atoms with Gasteiger partial charge in [-0.2, -0.15) is 0 Å². The van der Waals surface area contributed by atoms with Crippen LogP contribution in [0.3, 0.4) is 0 Å². The molecule has 0 amide bonds. The highest BCUT2D eigenvalue weighted by atomic mass is 16.6. The normalized spacial score (nSPS) is 31.0. The van der Waals surface area contributed by atoms with Crippen LogP contribution in [0.5, 0.6) is 0 Å². The Morgan fingerprint density at radius 3 is 2.61 bits per heavy atom. The van der Waals surface area contributed by atoms with Gasteiger partial charge < -0.3 is 9.84 Å². The van der Waals surface area contributed by atoms with Gasteiger partial charge in [-0.1, -0.05) is 62.4 Å². The number of unbranched alkanes of at least 4 members (excludes halogenated alkanes) is 1. The number of epoxide rings is 1. The van der Waals surface area contributed by atoms with Crippen molar-refractivity contribution >= 4 is 5.97 Å². The van der Waals surface area contributed by atoms with Crippen LogP contribution in [0.25, 0.3) is 0 Å². The molecule has 0 unspecified atom stereocenters. The number of hydrogen-bond acceptors (Lipinski definition) is 2. The van der Waals surface area contributed by atoms with Crippen LogP contribution in [0.1, 0.15) is 85.9 Å². The van der Waals surface area contributed by atoms with E-state index in [1.807, 2.05) is 30.4 Å². The van der Waals surface area contributed by atoms with Gasteiger partial charge in [-0.15, -0.1) is 0 Å². The van der Waals surface area contributed by atoms with Crippen LogP contribution in [0.15, 0.2) is 36.5 Å². The minimum atomic E-state index is -3.66. The molecular weight excluding hydrogens is 288 g/mol. The lowest BCUT2D eigenvalue weighted by Crippen LogP contribution is -1.92. The Morgan fingerprint density at radius 1 is 1.13 bits per heavy atom. The summed E-state index contributed by atoms with van der Waals surface area (Å²) in [6.45, 7) is -3.49. The van der Waals surface area contributed by atoms with Gasteiger partial charge in [0.2, 0.25) is 0 Å². The second kappa shape index (κ2) is 13.1. The summed E-state index contributed by atoms with van der Waals surface area (Å²) in [6, 6.07) is 0. The summed E-state index contributed by atoms with van der Waals surface area (Å²) in [5.41, 5.74) is 0. The average molecular weight is 332 g/mol. The second-order valence-corrected chi connectivity index (χ2v) is 5.02. The summed E-state index contributed by atoms with van der Waals surface area (Å²) in [7, 11) is 0. The van der Waals surface area contributed by atoms with E-state index in [0.29, 0.717) is 25.7 Å². The maximum atomic E-state index is 10.4. The van der Waals surface area contributed by atoms with Crippen LogP contribution >= 0.6 is 0 Å². The summed E-state index contributed by atoms with van der Waals surface area (Å²) in [5, 5.41) is 8.54. The molecule has 1 fully saturated rings. The number of rotatable bonds is 14. The van der Waals surface area contributed by atoms with Crippen molar-refractivity contribution in [2.24, 2.45) is 0 Å². The molecule has 0 aromatic carbocycles. The highest BCUT2D eigenvalue weighted by Crippen LogP contribution is 2.30. The molecule has 0 spiro atoms. The van der Waals surface area contributed by atoms with Gasteiger partial charge in [-0.25, -0.2) is 0 Å². The molecule has 0 aromatic rings. The first-order valence-corrected chi connectivity index (χ1v) is 7.73. The van der Waals surface area contributed by atoms with E-state index in [-0.39, 0.29) is 12.8 Å². The van der Waals surface area contributed by atoms with Gasteiger partial charge in [0.25, 0.3) is 0 Å². The van der Waals surface area contributed by atoms with Gasteiger partial charge >= 0.3 is 5.97 Å². The molecule has 2 atom stereocenters. The topological polar surface area (TPSA) is 49.8 Å². The van der Waals surface area contributed by atoms with Gasteiger partial charge in [-0.05, 0) is 38.5 Å². The predicted octanol–water partition coefficient (Wildman–Crippen LogP) is 5.43. The number of carboxylic acids is 1. The highest BCUT2D eigenvalue weighted by Gasteiger charge is 2.36. The standard InChI is InChI=1S/C20H32O3/c1-2-3-12-15-18-19(23-18)16-13-10-8-6-4-5-7-9-11-14-17-20(21)22/h4,6-7,9-10,13,18-19H,2-3,5,8,11-12,14-17H2,1H3,(H,21,22)/b6-4-,9-7-,13-10-/t18-,19+/m1/s1/i1D3,2D2,3D2,12D2,15D2. The molecular formula is C20H32O3. The number of allylic oxidation sites excluding steroid dienone is 5. The third-order valence-electron chi connectivity index (χ3n) is 3.10. The fourth-order valence-corrected chi connectivity index (χ4v) is 1.85. The minimum Gasteiger partial charge on any atom is -0.481 e. The Hall–Kier alpha value is -1.35. The molecule has 1 saturated heterocycles. The van der Waals surface area contributed by atoms with E-state index in [9.17, 15) is 4.79 Å². The van der Waals surface area contributed by atoms with Crippen LogP contribution in [-0.4, -0.2) is 23.3 Å². The molecule has 0 aromatic heterocycles. The van der Waals surface area contributed by atoms with Crippen LogP contribution in [0.2, 0.25) is 0 Å². The first-order chi connectivity index (χ1) is 15.4. The van der Waals surface area contributed by atoms with Gasteiger partial charge in [0, 0.05) is 21.5 Å². The number of carboxylic acid groups (broad SMARTS) is 1. The third kappa shape index (κ3) is 11.8. The lowest BCUT2D eigenvalue weighted by molar-refractivity contribution is -0.137. The highest BCUT2D eigenvalue weighted by molar-refractivity contribution is 5.66. The average Bonchev–Trinajstić information content (AvgIpc) is 3.47. The van der Waals surface area contributed by atoms with Crippen molar-refractivity contribution in [3.8, 4) is 0 Å². The number of hydrogen-bond donors (Lipinski definition) is 1. The van der Waals surface area contributed by atoms with Gasteiger partial charge in [0.15, 0.2) is 0 Å². The molecule has 3 nitrogen and oxygen atoms in total. The fourth-order valence-electron chi connectivity index (χ4n) is 1.85. The van der Waals surface area contributed by atoms with Crippen molar-refractivity contribution in [2.75, 3.05) is 0 Å². The van der Waals surface area contributed by atoms with E-state index < -0.39 is 50.5 Å². The summed E-state index contributed by atoms with van der Waals surface area (Å²) in [4.78, 5) is 10.4. The molecule has 0 radical (unpaired) electrons. The third-order valence-corrected chi connectivity index (χ3v) is 3.10. The van der Waals surface area contributed by atoms with Crippen LogP contribution in [0.4, 0.5) is 0 Å². The molecule has 1 aliphatic rings. The molecule has 23 heavy (non-hydrogen) atoms. The van der Waals surface area contributed by atoms with Crippen LogP contribution < -0.4 is 0 Å². The fraction of sp³-hybridized carbons (Fsp3) is 0.650. The molecule has 130 valence electrons. The Morgan fingerprint density at radius 2 is 1.87 bits per heavy atom. The predicted molar refractivity (Wildman–Crippen MR) is 95.6 cm³/mol. The Labute approximate surface area is 156 Å². The van der Waals surface area contributed by atoms with Gasteiger partial charge in [-0.3, -0.25) is 4.79 Å². The van der Waals surface area contributed by atoms with Gasteiger partial charge in [0.05, 0.1) is 12.2 Å². The summed E-state index contributed by atoms with van der Waals surface area (Å²) >= 11 is 0. The van der Waals surface area contributed by atoms with Crippen LogP contribution in [-0.2, 0) is 9.53 Å². The molecule has 1 rings (SSSR count). The van der Waals surface area contributed by atoms with Crippen molar-refractivity contribution in [2.45, 2.75) is 83.1 Å². The Kier molecular flexibility index (Phi) is 4.94. The number of aliphatic carboxylic acids is 1. The van der Waals surface area contributed by atoms with E-state index in [1.165, 1.54) is 0 Å². The van der Waals surface area contributed by atoms with E-state index in [0.717, 1.165) is 0 Å². The van der Waals surface area contributed by atoms with Crippen molar-refractivity contribution in [1.29, 1.82) is 0 Å². The van der Waals surface area contributed by atoms with Crippen LogP contribution in [0, 0.1) is 0 Å². The maximum Gasteiger partial charge on any atom is 0.303 e. The summed E-state index contributed by atoms with van der Waals surface area (Å²) in [5.74, 6) is -0.810. The minimum absolute atomic E-state index is 0.146. The van der Waals surface area contributed by atoms with E-state index in [2.05, 4.69) is 0 Å². The molecule has 1 heterocycles. The molecule has 3 heteroatoms. The number of ether oxygens (including phenoxy) is 1. The molecule has 1 aliphatic heterocycles. The molecule has 0 aliphatic carbocycles. The van der Waals surface area contributed by atoms with E-state index in [1.54, 1.807) is 6.08 Å². The Bertz CT molecular complexity index is 770. The van der Waals surface area contributed by atoms with Crippen molar-refractivity contribution < 1.29 is 29.7 Å². The smallest absolute Gasteiger partial charge is 0.303 e. The zero-order valence-electron chi connectivity index (χ0n) is 24.1. The monoisotopic (exact) mass is 331 g/mol. The SMILES string of the molecule is [2H]C([2H])([2H])C([2H])([2H])C([2H])([2H])C([2H])([2H])C([2H])([2H])[C@H]1O[C@H]1C/C=C\C/C=C\C/C=C\CCCC(=O)O.